The first-order valence-electron chi connectivity index (χ1n) is 11.3. The van der Waals surface area contributed by atoms with Crippen molar-refractivity contribution in [1.82, 2.24) is 0 Å². The van der Waals surface area contributed by atoms with E-state index in [1.54, 1.807) is 43.7 Å². The summed E-state index contributed by atoms with van der Waals surface area (Å²) in [7, 11) is 0. The molecule has 7 heteroatoms. The van der Waals surface area contributed by atoms with Crippen molar-refractivity contribution in [2.24, 2.45) is 5.73 Å². The number of ether oxygens (including phenoxy) is 2. The molecule has 0 fully saturated rings. The van der Waals surface area contributed by atoms with Gasteiger partial charge in [0.05, 0.1) is 30.9 Å². The van der Waals surface area contributed by atoms with Gasteiger partial charge in [-0.2, -0.15) is 0 Å². The Balaban J connectivity index is 1.52. The molecule has 0 aliphatic carbocycles. The number of halogens is 1. The number of benzene rings is 3. The molecular formula is C28H24FNO5. The number of hydrogen-bond donors (Lipinski definition) is 1. The summed E-state index contributed by atoms with van der Waals surface area (Å²) >= 11 is 0. The minimum atomic E-state index is -0.374. The zero-order chi connectivity index (χ0) is 24.4. The molecule has 0 bridgehead atoms. The van der Waals surface area contributed by atoms with Gasteiger partial charge in [0.15, 0.2) is 0 Å². The highest BCUT2D eigenvalue weighted by Gasteiger charge is 2.20. The molecule has 0 saturated carbocycles. The summed E-state index contributed by atoms with van der Waals surface area (Å²) in [6, 6.07) is 16.1. The van der Waals surface area contributed by atoms with E-state index in [4.69, 9.17) is 24.0 Å². The standard InChI is InChI=1S/C28H24FNO5/c1-2-32-25(31)12-17-6-3-4-9-24(17)34-15-19-16-35-27-21-10-11-33-28(21)23(13-22(19)27)20-8-5-7-18(14-30)26(20)29/h3-11,13,16H,2,12,14-15,30H2,1H3. The van der Waals surface area contributed by atoms with Gasteiger partial charge in [0, 0.05) is 39.7 Å². The number of fused-ring (bicyclic) bond motifs is 3. The molecule has 0 saturated heterocycles. The van der Waals surface area contributed by atoms with E-state index in [1.807, 2.05) is 30.3 Å². The van der Waals surface area contributed by atoms with Crippen molar-refractivity contribution in [2.45, 2.75) is 26.5 Å². The van der Waals surface area contributed by atoms with Gasteiger partial charge in [0.2, 0.25) is 0 Å². The highest BCUT2D eigenvalue weighted by molar-refractivity contribution is 6.10. The molecule has 2 heterocycles. The number of furan rings is 2. The maximum atomic E-state index is 15.2. The van der Waals surface area contributed by atoms with Crippen molar-refractivity contribution in [2.75, 3.05) is 6.61 Å². The zero-order valence-electron chi connectivity index (χ0n) is 19.2. The van der Waals surface area contributed by atoms with Crippen LogP contribution in [0.15, 0.2) is 76.0 Å². The van der Waals surface area contributed by atoms with E-state index < -0.39 is 0 Å². The Morgan fingerprint density at radius 2 is 1.77 bits per heavy atom. The van der Waals surface area contributed by atoms with E-state index in [9.17, 15) is 4.79 Å². The number of hydrogen-bond acceptors (Lipinski definition) is 6. The average molecular weight is 474 g/mol. The topological polar surface area (TPSA) is 87.8 Å². The molecule has 0 radical (unpaired) electrons. The fourth-order valence-electron chi connectivity index (χ4n) is 4.25. The molecular weight excluding hydrogens is 449 g/mol. The molecule has 178 valence electrons. The van der Waals surface area contributed by atoms with Crippen molar-refractivity contribution in [3.63, 3.8) is 0 Å². The van der Waals surface area contributed by atoms with Crippen LogP contribution in [0.4, 0.5) is 4.39 Å². The van der Waals surface area contributed by atoms with Crippen LogP contribution < -0.4 is 10.5 Å². The monoisotopic (exact) mass is 473 g/mol. The summed E-state index contributed by atoms with van der Waals surface area (Å²) in [6.45, 7) is 2.39. The lowest BCUT2D eigenvalue weighted by molar-refractivity contribution is -0.142. The third-order valence-electron chi connectivity index (χ3n) is 5.94. The Kier molecular flexibility index (Phi) is 6.25. The van der Waals surface area contributed by atoms with Crippen LogP contribution in [0.3, 0.4) is 0 Å². The number of esters is 1. The van der Waals surface area contributed by atoms with Crippen molar-refractivity contribution in [3.8, 4) is 16.9 Å². The maximum Gasteiger partial charge on any atom is 0.310 e. The molecule has 0 atom stereocenters. The first-order chi connectivity index (χ1) is 17.1. The molecule has 5 aromatic rings. The van der Waals surface area contributed by atoms with Crippen molar-refractivity contribution in [3.05, 3.63) is 89.6 Å². The Bertz CT molecular complexity index is 1520. The molecule has 6 nitrogen and oxygen atoms in total. The molecule has 3 aromatic carbocycles. The zero-order valence-corrected chi connectivity index (χ0v) is 19.2. The predicted octanol–water partition coefficient (Wildman–Crippen LogP) is 6.13. The van der Waals surface area contributed by atoms with Gasteiger partial charge in [0.25, 0.3) is 0 Å². The SMILES string of the molecule is CCOC(=O)Cc1ccccc1OCc1coc2c1cc(-c1cccc(CN)c1F)c1occc12. The maximum absolute atomic E-state index is 15.2. The lowest BCUT2D eigenvalue weighted by atomic mass is 9.98. The van der Waals surface area contributed by atoms with Crippen LogP contribution >= 0.6 is 0 Å². The summed E-state index contributed by atoms with van der Waals surface area (Å²) in [5.74, 6) is -0.103. The smallest absolute Gasteiger partial charge is 0.310 e. The van der Waals surface area contributed by atoms with Crippen molar-refractivity contribution < 1.29 is 27.5 Å². The van der Waals surface area contributed by atoms with E-state index in [2.05, 4.69) is 0 Å². The molecule has 0 aliphatic heterocycles. The second-order valence-corrected chi connectivity index (χ2v) is 8.09. The highest BCUT2D eigenvalue weighted by Crippen LogP contribution is 2.39. The van der Waals surface area contributed by atoms with Crippen molar-refractivity contribution in [1.29, 1.82) is 0 Å². The second-order valence-electron chi connectivity index (χ2n) is 8.09. The Labute approximate surface area is 201 Å². The van der Waals surface area contributed by atoms with Crippen LogP contribution in [0.25, 0.3) is 33.1 Å². The fraction of sp³-hybridized carbons (Fsp3) is 0.179. The Hall–Kier alpha value is -4.10. The lowest BCUT2D eigenvalue weighted by Gasteiger charge is -2.11. The lowest BCUT2D eigenvalue weighted by Crippen LogP contribution is -2.09. The number of carbonyl (C=O) groups is 1. The van der Waals surface area contributed by atoms with Crippen LogP contribution in [-0.4, -0.2) is 12.6 Å². The van der Waals surface area contributed by atoms with Gasteiger partial charge in [-0.15, -0.1) is 0 Å². The highest BCUT2D eigenvalue weighted by atomic mass is 19.1. The van der Waals surface area contributed by atoms with Gasteiger partial charge < -0.3 is 24.0 Å². The van der Waals surface area contributed by atoms with E-state index in [1.165, 1.54) is 0 Å². The molecule has 0 aliphatic rings. The quantitative estimate of drug-likeness (QED) is 0.273. The summed E-state index contributed by atoms with van der Waals surface area (Å²) in [4.78, 5) is 12.0. The van der Waals surface area contributed by atoms with Crippen molar-refractivity contribution >= 4 is 27.9 Å². The van der Waals surface area contributed by atoms with Crippen LogP contribution in [0.5, 0.6) is 5.75 Å². The van der Waals surface area contributed by atoms with Crippen LogP contribution in [0.1, 0.15) is 23.6 Å². The van der Waals surface area contributed by atoms with Crippen LogP contribution in [0, 0.1) is 5.82 Å². The molecule has 0 unspecified atom stereocenters. The molecule has 2 aromatic heterocycles. The first-order valence-corrected chi connectivity index (χ1v) is 11.3. The summed E-state index contributed by atoms with van der Waals surface area (Å²) in [5.41, 5.74) is 9.84. The minimum Gasteiger partial charge on any atom is -0.488 e. The first kappa shape index (κ1) is 22.7. The largest absolute Gasteiger partial charge is 0.488 e. The third-order valence-corrected chi connectivity index (χ3v) is 5.94. The molecule has 0 amide bonds. The molecule has 5 rings (SSSR count). The number of carbonyl (C=O) groups excluding carboxylic acids is 1. The molecule has 35 heavy (non-hydrogen) atoms. The Morgan fingerprint density at radius 3 is 2.60 bits per heavy atom. The van der Waals surface area contributed by atoms with Crippen LogP contribution in [-0.2, 0) is 29.1 Å². The number of nitrogens with two attached hydrogens (primary N) is 1. The fourth-order valence-corrected chi connectivity index (χ4v) is 4.25. The van der Waals surface area contributed by atoms with E-state index in [-0.39, 0.29) is 31.4 Å². The van der Waals surface area contributed by atoms with Gasteiger partial charge in [-0.05, 0) is 25.1 Å². The molecule has 0 spiro atoms. The molecule has 2 N–H and O–H groups in total. The minimum absolute atomic E-state index is 0.0965. The summed E-state index contributed by atoms with van der Waals surface area (Å²) in [5, 5.41) is 1.53. The Morgan fingerprint density at radius 1 is 0.943 bits per heavy atom. The van der Waals surface area contributed by atoms with Gasteiger partial charge in [-0.1, -0.05) is 36.4 Å². The van der Waals surface area contributed by atoms with Crippen LogP contribution in [0.2, 0.25) is 0 Å². The van der Waals surface area contributed by atoms with E-state index >= 15 is 4.39 Å². The number of rotatable bonds is 8. The van der Waals surface area contributed by atoms with Gasteiger partial charge in [-0.25, -0.2) is 4.39 Å². The van der Waals surface area contributed by atoms with Gasteiger partial charge in [0.1, 0.15) is 29.3 Å². The normalized spacial score (nSPS) is 11.3. The van der Waals surface area contributed by atoms with E-state index in [0.717, 1.165) is 21.9 Å². The number of para-hydroxylation sites is 1. The summed E-state index contributed by atoms with van der Waals surface area (Å²) in [6.07, 6.45) is 3.30. The van der Waals surface area contributed by atoms with E-state index in [0.29, 0.717) is 40.2 Å². The third kappa shape index (κ3) is 4.26. The predicted molar refractivity (Wildman–Crippen MR) is 130 cm³/mol. The van der Waals surface area contributed by atoms with Gasteiger partial charge in [-0.3, -0.25) is 4.79 Å². The average Bonchev–Trinajstić information content (AvgIpc) is 3.50. The van der Waals surface area contributed by atoms with Gasteiger partial charge >= 0.3 is 5.97 Å². The summed E-state index contributed by atoms with van der Waals surface area (Å²) < 4.78 is 37.9. The second kappa shape index (κ2) is 9.64.